The third kappa shape index (κ3) is 15.2. The van der Waals surface area contributed by atoms with E-state index in [0.717, 1.165) is 36.1 Å². The number of aliphatic imine (C=N–C) groups is 1. The van der Waals surface area contributed by atoms with Gasteiger partial charge in [-0.2, -0.15) is 8.42 Å². The number of fused-ring (bicyclic) bond motifs is 10. The molecule has 0 spiro atoms. The summed E-state index contributed by atoms with van der Waals surface area (Å²) in [5, 5.41) is 89.8. The number of hydrogen-bond donors (Lipinski definition) is 9. The van der Waals surface area contributed by atoms with Crippen molar-refractivity contribution in [2.45, 2.75) is 229 Å². The number of nitrogens with zero attached hydrogens (tertiary/aromatic N) is 1. The van der Waals surface area contributed by atoms with Crippen LogP contribution in [0.3, 0.4) is 0 Å². The monoisotopic (exact) mass is 1080 g/mol. The minimum absolute atomic E-state index is 0.00888. The van der Waals surface area contributed by atoms with E-state index < -0.39 is 120 Å². The summed E-state index contributed by atoms with van der Waals surface area (Å²) in [5.41, 5.74) is 4.72. The maximum atomic E-state index is 14.0. The van der Waals surface area contributed by atoms with E-state index in [0.29, 0.717) is 44.2 Å². The third-order valence-corrected chi connectivity index (χ3v) is 17.7. The molecule has 3 saturated heterocycles. The van der Waals surface area contributed by atoms with E-state index >= 15 is 0 Å². The number of aliphatic hydroxyl groups excluding tert-OH is 8. The van der Waals surface area contributed by atoms with Gasteiger partial charge in [0.2, 0.25) is 0 Å². The molecule has 1 aliphatic carbocycles. The molecule has 0 aromatic heterocycles. The van der Waals surface area contributed by atoms with Gasteiger partial charge in [-0.25, -0.2) is 4.18 Å². The predicted molar refractivity (Wildman–Crippen MR) is 278 cm³/mol. The summed E-state index contributed by atoms with van der Waals surface area (Å²) in [7, 11) is -5.20. The molecule has 75 heavy (non-hydrogen) atoms. The SMILES string of the molecule is C=C1CCC2OC(CC3=CC4/C(C)=C\CC(C)CC(/C=C/C(O)C5CC(O)C(O)C(CCC(O)/C=C/C(C)=C/CCC6=NCCC(C3)C64C)O5)OC(=O)CC3OC(C(O)CC1C)C(O)C3OS(=O)(=O)O)C(O)CC2O. The first kappa shape index (κ1) is 59.7. The third-order valence-electron chi connectivity index (χ3n) is 17.3. The Morgan fingerprint density at radius 2 is 1.48 bits per heavy atom. The molecular weight excluding hydrogens is 991 g/mol. The van der Waals surface area contributed by atoms with Gasteiger partial charge in [-0.3, -0.25) is 14.3 Å². The Balaban J connectivity index is 1.27. The van der Waals surface area contributed by atoms with Crippen LogP contribution in [0, 0.1) is 29.1 Å². The van der Waals surface area contributed by atoms with E-state index in [9.17, 15) is 58.6 Å². The minimum Gasteiger partial charge on any atom is -0.458 e. The molecule has 0 aromatic rings. The first-order chi connectivity index (χ1) is 35.4. The zero-order valence-corrected chi connectivity index (χ0v) is 45.1. The molecule has 0 aromatic carbocycles. The second kappa shape index (κ2) is 25.9. The molecule has 0 radical (unpaired) electrons. The molecule has 422 valence electrons. The van der Waals surface area contributed by atoms with Crippen LogP contribution in [0.1, 0.15) is 131 Å². The fraction of sp³-hybridized carbons (Fsp3) is 0.750. The lowest BCUT2D eigenvalue weighted by Crippen LogP contribution is -2.51. The minimum atomic E-state index is -5.20. The normalized spacial score (nSPS) is 45.9. The van der Waals surface area contributed by atoms with E-state index in [-0.39, 0.29) is 67.6 Å². The molecule has 3 fully saturated rings. The van der Waals surface area contributed by atoms with Crippen LogP contribution in [0.4, 0.5) is 0 Å². The molecule has 6 heterocycles. The van der Waals surface area contributed by atoms with Crippen molar-refractivity contribution in [1.29, 1.82) is 0 Å². The number of carbonyl (C=O) groups excluding carboxylic acids is 1. The average Bonchev–Trinajstić information content (AvgIpc) is 3.63. The maximum absolute atomic E-state index is 14.0. The number of hydrogen-bond acceptors (Lipinski definition) is 17. The van der Waals surface area contributed by atoms with Crippen molar-refractivity contribution >= 4 is 22.1 Å². The van der Waals surface area contributed by atoms with Crippen LogP contribution < -0.4 is 0 Å². The Bertz CT molecular complexity index is 2280. The van der Waals surface area contributed by atoms with Gasteiger partial charge in [0.05, 0.1) is 73.6 Å². The van der Waals surface area contributed by atoms with E-state index in [1.807, 2.05) is 26.8 Å². The summed E-state index contributed by atoms with van der Waals surface area (Å²) in [5.74, 6) is -1.29. The Morgan fingerprint density at radius 3 is 2.23 bits per heavy atom. The first-order valence-corrected chi connectivity index (χ1v) is 28.6. The van der Waals surface area contributed by atoms with E-state index in [1.165, 1.54) is 17.7 Å². The van der Waals surface area contributed by atoms with Crippen molar-refractivity contribution < 1.29 is 81.7 Å². The molecule has 6 aliphatic heterocycles. The smallest absolute Gasteiger partial charge is 0.397 e. The lowest BCUT2D eigenvalue weighted by molar-refractivity contribution is -0.189. The van der Waals surface area contributed by atoms with Gasteiger partial charge < -0.3 is 59.8 Å². The summed E-state index contributed by atoms with van der Waals surface area (Å²) in [4.78, 5) is 19.2. The van der Waals surface area contributed by atoms with E-state index in [1.54, 1.807) is 6.08 Å². The zero-order chi connectivity index (χ0) is 54.5. The summed E-state index contributed by atoms with van der Waals surface area (Å²) >= 11 is 0. The largest absolute Gasteiger partial charge is 0.458 e. The summed E-state index contributed by atoms with van der Waals surface area (Å²) < 4.78 is 63.6. The highest BCUT2D eigenvalue weighted by atomic mass is 32.3. The van der Waals surface area contributed by atoms with Crippen LogP contribution in [0.5, 0.6) is 0 Å². The topological polar surface area (TPSA) is 292 Å². The van der Waals surface area contributed by atoms with Gasteiger partial charge in [0, 0.05) is 36.4 Å². The Hall–Kier alpha value is -2.99. The summed E-state index contributed by atoms with van der Waals surface area (Å²) in [6, 6.07) is 0. The Kier molecular flexibility index (Phi) is 20.6. The molecule has 21 unspecified atom stereocenters. The molecule has 0 saturated carbocycles. The number of allylic oxidation sites excluding steroid dienone is 7. The van der Waals surface area contributed by atoms with Gasteiger partial charge in [0.15, 0.2) is 0 Å². The second-order valence-corrected chi connectivity index (χ2v) is 24.1. The summed E-state index contributed by atoms with van der Waals surface area (Å²) in [6.45, 7) is 15.2. The highest BCUT2D eigenvalue weighted by molar-refractivity contribution is 7.80. The molecule has 7 aliphatic rings. The summed E-state index contributed by atoms with van der Waals surface area (Å²) in [6.07, 6.45) is -0.705. The zero-order valence-electron chi connectivity index (χ0n) is 44.3. The van der Waals surface area contributed by atoms with Gasteiger partial charge in [-0.1, -0.05) is 86.1 Å². The molecule has 18 nitrogen and oxygen atoms in total. The quantitative estimate of drug-likeness (QED) is 0.104. The van der Waals surface area contributed by atoms with Crippen LogP contribution in [-0.2, 0) is 38.3 Å². The molecule has 19 heteroatoms. The molecule has 9 bridgehead atoms. The van der Waals surface area contributed by atoms with Crippen LogP contribution in [0.15, 0.2) is 76.4 Å². The lowest BCUT2D eigenvalue weighted by atomic mass is 9.55. The molecule has 0 amide bonds. The number of carbonyl (C=O) groups is 1. The number of aliphatic hydroxyl groups is 8. The van der Waals surface area contributed by atoms with Crippen molar-refractivity contribution in [2.24, 2.45) is 34.1 Å². The fourth-order valence-electron chi connectivity index (χ4n) is 12.7. The van der Waals surface area contributed by atoms with Gasteiger partial charge in [-0.15, -0.1) is 0 Å². The second-order valence-electron chi connectivity index (χ2n) is 23.0. The van der Waals surface area contributed by atoms with E-state index in [2.05, 4.69) is 38.7 Å². The predicted octanol–water partition coefficient (Wildman–Crippen LogP) is 4.62. The molecular formula is C56H85NO17S. The van der Waals surface area contributed by atoms with Gasteiger partial charge >= 0.3 is 16.4 Å². The highest BCUT2D eigenvalue weighted by Crippen LogP contribution is 2.53. The fourth-order valence-corrected chi connectivity index (χ4v) is 13.2. The highest BCUT2D eigenvalue weighted by Gasteiger charge is 2.52. The van der Waals surface area contributed by atoms with Crippen LogP contribution >= 0.6 is 0 Å². The van der Waals surface area contributed by atoms with E-state index in [4.69, 9.17) is 28.1 Å². The van der Waals surface area contributed by atoms with Crippen molar-refractivity contribution in [2.75, 3.05) is 6.54 Å². The lowest BCUT2D eigenvalue weighted by Gasteiger charge is -2.50. The number of rotatable bonds is 2. The van der Waals surface area contributed by atoms with Gasteiger partial charge in [0.25, 0.3) is 0 Å². The Labute approximate surface area is 442 Å². The van der Waals surface area contributed by atoms with Crippen molar-refractivity contribution in [3.63, 3.8) is 0 Å². The van der Waals surface area contributed by atoms with Gasteiger partial charge in [0.1, 0.15) is 30.5 Å². The van der Waals surface area contributed by atoms with Crippen LogP contribution in [0.25, 0.3) is 0 Å². The molecule has 9 N–H and O–H groups in total. The van der Waals surface area contributed by atoms with Crippen LogP contribution in [-0.4, -0.2) is 170 Å². The van der Waals surface area contributed by atoms with Crippen LogP contribution in [0.2, 0.25) is 0 Å². The average molecular weight is 1080 g/mol. The molecule has 21 atom stereocenters. The maximum Gasteiger partial charge on any atom is 0.397 e. The molecule has 7 rings (SSSR count). The Morgan fingerprint density at radius 1 is 0.747 bits per heavy atom. The first-order valence-electron chi connectivity index (χ1n) is 27.3. The van der Waals surface area contributed by atoms with Crippen molar-refractivity contribution in [3.8, 4) is 0 Å². The van der Waals surface area contributed by atoms with Crippen molar-refractivity contribution in [1.82, 2.24) is 0 Å². The van der Waals surface area contributed by atoms with Crippen molar-refractivity contribution in [3.05, 3.63) is 71.4 Å². The number of ether oxygens (including phenoxy) is 4. The standard InChI is InChI=1S/C56H85NO17S/c1-30-8-7-9-50-56(6)36(20-21-57-50)24-35-25-39(56)33(4)12-10-31(2)22-38(16-17-40(59)48-28-43(62)52(65)46(72-48)19-15-37(58)14-11-30)70-51(64)29-49-55(74-75(67,68)69)53(66)54(73-49)44(63)23-34(5)32(3)13-18-45-41(60)27-42(61)47(26-35)71-45/h8,11-12,14,16-17,25,31,34,36-49,52-55,58-63,65-66H,3,7,9-10,13,15,18-24,26-29H2,1-2,4-6H3,(H,67,68,69)/b14-11+,17-16+,30-8+,33-12-. The van der Waals surface area contributed by atoms with Gasteiger partial charge in [-0.05, 0) is 115 Å². The number of esters is 1.